The lowest BCUT2D eigenvalue weighted by Crippen LogP contribution is -2.20. The summed E-state index contributed by atoms with van der Waals surface area (Å²) in [4.78, 5) is 2.41. The van der Waals surface area contributed by atoms with Crippen molar-refractivity contribution in [3.63, 3.8) is 0 Å². The molecule has 2 nitrogen and oxygen atoms in total. The van der Waals surface area contributed by atoms with Gasteiger partial charge >= 0.3 is 0 Å². The summed E-state index contributed by atoms with van der Waals surface area (Å²) in [6, 6.07) is 9.45. The zero-order chi connectivity index (χ0) is 13.5. The Morgan fingerprint density at radius 1 is 1.26 bits per heavy atom. The third-order valence-corrected chi connectivity index (χ3v) is 4.06. The minimum Gasteiger partial charge on any atom is -0.314 e. The van der Waals surface area contributed by atoms with Crippen LogP contribution >= 0.6 is 15.9 Å². The number of unbranched alkanes of at least 4 members (excludes halogenated alkanes) is 2. The van der Waals surface area contributed by atoms with E-state index >= 15 is 0 Å². The van der Waals surface area contributed by atoms with Gasteiger partial charge in [0.2, 0.25) is 0 Å². The van der Waals surface area contributed by atoms with E-state index in [1.807, 2.05) is 0 Å². The lowest BCUT2D eigenvalue weighted by Gasteiger charge is -2.16. The highest BCUT2D eigenvalue weighted by Crippen LogP contribution is 2.18. The van der Waals surface area contributed by atoms with E-state index in [4.69, 9.17) is 0 Å². The fraction of sp³-hybridized carbons (Fsp3) is 0.625. The largest absolute Gasteiger partial charge is 0.314 e. The highest BCUT2D eigenvalue weighted by Gasteiger charge is 2.19. The van der Waals surface area contributed by atoms with Crippen LogP contribution in [0, 0.1) is 0 Å². The quantitative estimate of drug-likeness (QED) is 0.695. The number of rotatable bonds is 9. The Balaban J connectivity index is 1.52. The Hall–Kier alpha value is -0.380. The molecule has 0 bridgehead atoms. The molecule has 0 atom stereocenters. The molecular weight excluding hydrogens is 300 g/mol. The molecule has 0 heterocycles. The molecule has 1 aliphatic carbocycles. The molecule has 19 heavy (non-hydrogen) atoms. The van der Waals surface area contributed by atoms with E-state index in [1.54, 1.807) is 0 Å². The Bertz CT molecular complexity index is 377. The molecule has 1 aromatic carbocycles. The molecule has 106 valence electrons. The van der Waals surface area contributed by atoms with E-state index < -0.39 is 0 Å². The molecule has 0 saturated heterocycles. The fourth-order valence-corrected chi connectivity index (χ4v) is 2.75. The van der Waals surface area contributed by atoms with Crippen molar-refractivity contribution in [2.75, 3.05) is 20.1 Å². The van der Waals surface area contributed by atoms with Crippen LogP contribution in [-0.4, -0.2) is 31.1 Å². The predicted octanol–water partition coefficient (Wildman–Crippen LogP) is 3.80. The maximum absolute atomic E-state index is 3.57. The molecule has 0 amide bonds. The van der Waals surface area contributed by atoms with Crippen molar-refractivity contribution >= 4 is 15.9 Å². The first kappa shape index (κ1) is 15.0. The maximum Gasteiger partial charge on any atom is 0.0231 e. The fourth-order valence-electron chi connectivity index (χ4n) is 2.30. The average Bonchev–Trinajstić information content (AvgIpc) is 3.17. The highest BCUT2D eigenvalue weighted by molar-refractivity contribution is 9.10. The van der Waals surface area contributed by atoms with E-state index in [-0.39, 0.29) is 0 Å². The van der Waals surface area contributed by atoms with Gasteiger partial charge in [-0.1, -0.05) is 34.5 Å². The molecule has 0 radical (unpaired) electrons. The van der Waals surface area contributed by atoms with Gasteiger partial charge in [0.25, 0.3) is 0 Å². The smallest absolute Gasteiger partial charge is 0.0231 e. The van der Waals surface area contributed by atoms with E-state index in [2.05, 4.69) is 57.5 Å². The van der Waals surface area contributed by atoms with Gasteiger partial charge in [-0.3, -0.25) is 0 Å². The molecule has 1 saturated carbocycles. The normalized spacial score (nSPS) is 15.1. The number of hydrogen-bond donors (Lipinski definition) is 1. The molecule has 0 aromatic heterocycles. The van der Waals surface area contributed by atoms with Crippen molar-refractivity contribution in [2.45, 2.75) is 44.7 Å². The van der Waals surface area contributed by atoms with E-state index in [9.17, 15) is 0 Å². The Morgan fingerprint density at radius 2 is 2.11 bits per heavy atom. The van der Waals surface area contributed by atoms with E-state index in [0.717, 1.165) is 12.6 Å². The Morgan fingerprint density at radius 3 is 2.84 bits per heavy atom. The van der Waals surface area contributed by atoms with Crippen LogP contribution < -0.4 is 5.32 Å². The summed E-state index contributed by atoms with van der Waals surface area (Å²) in [6.45, 7) is 3.44. The predicted molar refractivity (Wildman–Crippen MR) is 85.4 cm³/mol. The van der Waals surface area contributed by atoms with Gasteiger partial charge in [-0.05, 0) is 63.5 Å². The van der Waals surface area contributed by atoms with Crippen molar-refractivity contribution in [3.8, 4) is 0 Å². The zero-order valence-corrected chi connectivity index (χ0v) is 13.5. The van der Waals surface area contributed by atoms with Crippen molar-refractivity contribution in [3.05, 3.63) is 34.3 Å². The molecule has 1 fully saturated rings. The molecular formula is C16H25BrN2. The number of hydrogen-bond acceptors (Lipinski definition) is 2. The third-order valence-electron chi connectivity index (χ3n) is 3.57. The lowest BCUT2D eigenvalue weighted by atomic mass is 10.2. The first-order chi connectivity index (χ1) is 9.24. The average molecular weight is 325 g/mol. The van der Waals surface area contributed by atoms with Crippen LogP contribution in [0.1, 0.15) is 37.7 Å². The first-order valence-electron chi connectivity index (χ1n) is 7.40. The number of nitrogens with zero attached hydrogens (tertiary/aromatic N) is 1. The van der Waals surface area contributed by atoms with Crippen LogP contribution in [0.2, 0.25) is 0 Å². The molecule has 1 N–H and O–H groups in total. The first-order valence-corrected chi connectivity index (χ1v) is 8.20. The summed E-state index contributed by atoms with van der Waals surface area (Å²) >= 11 is 3.52. The van der Waals surface area contributed by atoms with Gasteiger partial charge in [0, 0.05) is 17.1 Å². The summed E-state index contributed by atoms with van der Waals surface area (Å²) in [5.41, 5.74) is 1.38. The van der Waals surface area contributed by atoms with Gasteiger partial charge in [-0.2, -0.15) is 0 Å². The van der Waals surface area contributed by atoms with Crippen LogP contribution in [0.15, 0.2) is 28.7 Å². The molecule has 1 aromatic rings. The summed E-state index contributed by atoms with van der Waals surface area (Å²) in [5.74, 6) is 0. The molecule has 0 aliphatic heterocycles. The maximum atomic E-state index is 3.57. The molecule has 2 rings (SSSR count). The minimum absolute atomic E-state index is 0.860. The zero-order valence-electron chi connectivity index (χ0n) is 11.9. The van der Waals surface area contributed by atoms with Crippen LogP contribution in [-0.2, 0) is 6.54 Å². The summed E-state index contributed by atoms with van der Waals surface area (Å²) in [7, 11) is 2.21. The number of halogens is 1. The van der Waals surface area contributed by atoms with Crippen LogP contribution in [0.4, 0.5) is 0 Å². The van der Waals surface area contributed by atoms with Gasteiger partial charge < -0.3 is 10.2 Å². The van der Waals surface area contributed by atoms with Gasteiger partial charge in [0.05, 0.1) is 0 Å². The van der Waals surface area contributed by atoms with Crippen molar-refractivity contribution in [1.29, 1.82) is 0 Å². The van der Waals surface area contributed by atoms with Gasteiger partial charge in [0.15, 0.2) is 0 Å². The molecule has 0 spiro atoms. The second-order valence-electron chi connectivity index (χ2n) is 5.66. The monoisotopic (exact) mass is 324 g/mol. The van der Waals surface area contributed by atoms with Crippen molar-refractivity contribution in [2.24, 2.45) is 0 Å². The second-order valence-corrected chi connectivity index (χ2v) is 6.57. The summed E-state index contributed by atoms with van der Waals surface area (Å²) in [5, 5.41) is 3.57. The highest BCUT2D eigenvalue weighted by atomic mass is 79.9. The minimum atomic E-state index is 0.860. The Labute approximate surface area is 125 Å². The van der Waals surface area contributed by atoms with Crippen molar-refractivity contribution < 1.29 is 0 Å². The van der Waals surface area contributed by atoms with Crippen LogP contribution in [0.3, 0.4) is 0 Å². The van der Waals surface area contributed by atoms with Crippen molar-refractivity contribution in [1.82, 2.24) is 10.2 Å². The van der Waals surface area contributed by atoms with Crippen LogP contribution in [0.5, 0.6) is 0 Å². The standard InChI is InChI=1S/C16H25BrN2/c1-19(13-14-6-5-7-15(17)12-14)11-4-2-3-10-18-16-8-9-16/h5-7,12,16,18H,2-4,8-11,13H2,1H3. The van der Waals surface area contributed by atoms with Gasteiger partial charge in [-0.25, -0.2) is 0 Å². The number of benzene rings is 1. The third kappa shape index (κ3) is 6.55. The lowest BCUT2D eigenvalue weighted by molar-refractivity contribution is 0.317. The molecule has 1 aliphatic rings. The van der Waals surface area contributed by atoms with E-state index in [1.165, 1.54) is 55.2 Å². The second kappa shape index (κ2) is 8.03. The molecule has 0 unspecified atom stereocenters. The van der Waals surface area contributed by atoms with Gasteiger partial charge in [-0.15, -0.1) is 0 Å². The number of nitrogens with one attached hydrogen (secondary N) is 1. The Kier molecular flexibility index (Phi) is 6.35. The topological polar surface area (TPSA) is 15.3 Å². The molecule has 3 heteroatoms. The summed E-state index contributed by atoms with van der Waals surface area (Å²) < 4.78 is 1.17. The van der Waals surface area contributed by atoms with Gasteiger partial charge in [0.1, 0.15) is 0 Å². The van der Waals surface area contributed by atoms with Crippen LogP contribution in [0.25, 0.3) is 0 Å². The van der Waals surface area contributed by atoms with E-state index in [0.29, 0.717) is 0 Å². The SMILES string of the molecule is CN(CCCCCNC1CC1)Cc1cccc(Br)c1. The summed E-state index contributed by atoms with van der Waals surface area (Å²) in [6.07, 6.45) is 6.76.